The average molecular weight is 351 g/mol. The second-order valence-corrected chi connectivity index (χ2v) is 6.91. The van der Waals surface area contributed by atoms with Crippen LogP contribution >= 0.6 is 22.7 Å². The van der Waals surface area contributed by atoms with Gasteiger partial charge in [0.25, 0.3) is 5.91 Å². The Morgan fingerprint density at radius 2 is 1.79 bits per heavy atom. The zero-order chi connectivity index (χ0) is 16.4. The van der Waals surface area contributed by atoms with E-state index in [1.165, 1.54) is 11.3 Å². The SMILES string of the molecule is O=C(Nc1nc(-c2cccs2)cs1)c1ccc(-n2cccc2)cc1. The van der Waals surface area contributed by atoms with Gasteiger partial charge in [-0.1, -0.05) is 6.07 Å². The van der Waals surface area contributed by atoms with Gasteiger partial charge in [0.1, 0.15) is 0 Å². The van der Waals surface area contributed by atoms with Crippen LogP contribution in [0.1, 0.15) is 10.4 Å². The van der Waals surface area contributed by atoms with Crippen molar-refractivity contribution in [2.75, 3.05) is 5.32 Å². The summed E-state index contributed by atoms with van der Waals surface area (Å²) < 4.78 is 2.00. The number of rotatable bonds is 4. The molecule has 0 bridgehead atoms. The minimum atomic E-state index is -0.152. The van der Waals surface area contributed by atoms with Gasteiger partial charge >= 0.3 is 0 Å². The van der Waals surface area contributed by atoms with E-state index >= 15 is 0 Å². The van der Waals surface area contributed by atoms with Crippen molar-refractivity contribution in [2.45, 2.75) is 0 Å². The molecule has 0 unspecified atom stereocenters. The summed E-state index contributed by atoms with van der Waals surface area (Å²) in [5.74, 6) is -0.152. The monoisotopic (exact) mass is 351 g/mol. The topological polar surface area (TPSA) is 46.9 Å². The number of carbonyl (C=O) groups excluding carboxylic acids is 1. The maximum atomic E-state index is 12.4. The summed E-state index contributed by atoms with van der Waals surface area (Å²) >= 11 is 3.07. The number of carbonyl (C=O) groups is 1. The number of aromatic nitrogens is 2. The van der Waals surface area contributed by atoms with Crippen molar-refractivity contribution >= 4 is 33.7 Å². The number of thiazole rings is 1. The lowest BCUT2D eigenvalue weighted by atomic mass is 10.2. The predicted molar refractivity (Wildman–Crippen MR) is 99.1 cm³/mol. The van der Waals surface area contributed by atoms with E-state index in [0.29, 0.717) is 10.7 Å². The van der Waals surface area contributed by atoms with Gasteiger partial charge in [0, 0.05) is 29.0 Å². The number of hydrogen-bond donors (Lipinski definition) is 1. The van der Waals surface area contributed by atoms with Gasteiger partial charge in [-0.2, -0.15) is 0 Å². The van der Waals surface area contributed by atoms with E-state index < -0.39 is 0 Å². The van der Waals surface area contributed by atoms with Crippen LogP contribution in [0.15, 0.2) is 71.7 Å². The fraction of sp³-hybridized carbons (Fsp3) is 0. The molecule has 118 valence electrons. The van der Waals surface area contributed by atoms with Crippen LogP contribution in [-0.2, 0) is 0 Å². The van der Waals surface area contributed by atoms with Crippen LogP contribution in [0.2, 0.25) is 0 Å². The Morgan fingerprint density at radius 3 is 2.50 bits per heavy atom. The van der Waals surface area contributed by atoms with Gasteiger partial charge < -0.3 is 4.57 Å². The Balaban J connectivity index is 1.48. The molecule has 0 radical (unpaired) electrons. The molecule has 24 heavy (non-hydrogen) atoms. The molecule has 0 aliphatic carbocycles. The molecule has 1 aromatic carbocycles. The van der Waals surface area contributed by atoms with Crippen molar-refractivity contribution in [1.82, 2.24) is 9.55 Å². The molecule has 4 rings (SSSR count). The quantitative estimate of drug-likeness (QED) is 0.567. The third-order valence-electron chi connectivity index (χ3n) is 3.53. The first-order valence-electron chi connectivity index (χ1n) is 7.34. The molecule has 0 spiro atoms. The molecule has 0 atom stereocenters. The van der Waals surface area contributed by atoms with Crippen LogP contribution in [0.3, 0.4) is 0 Å². The first-order valence-corrected chi connectivity index (χ1v) is 9.10. The van der Waals surface area contributed by atoms with Gasteiger partial charge in [0.2, 0.25) is 0 Å². The van der Waals surface area contributed by atoms with Crippen LogP contribution in [0, 0.1) is 0 Å². The Kier molecular flexibility index (Phi) is 3.98. The molecular formula is C18H13N3OS2. The molecule has 4 nitrogen and oxygen atoms in total. The Bertz CT molecular complexity index is 939. The van der Waals surface area contributed by atoms with Gasteiger partial charge in [0.15, 0.2) is 5.13 Å². The predicted octanol–water partition coefficient (Wildman–Crippen LogP) is 4.91. The van der Waals surface area contributed by atoms with Crippen molar-refractivity contribution in [3.8, 4) is 16.3 Å². The summed E-state index contributed by atoms with van der Waals surface area (Å²) in [4.78, 5) is 17.9. The van der Waals surface area contributed by atoms with E-state index in [-0.39, 0.29) is 5.91 Å². The van der Waals surface area contributed by atoms with Gasteiger partial charge in [-0.3, -0.25) is 10.1 Å². The van der Waals surface area contributed by atoms with Gasteiger partial charge in [-0.05, 0) is 47.8 Å². The van der Waals surface area contributed by atoms with Crippen molar-refractivity contribution in [1.29, 1.82) is 0 Å². The van der Waals surface area contributed by atoms with E-state index in [0.717, 1.165) is 16.3 Å². The molecule has 0 aliphatic heterocycles. The van der Waals surface area contributed by atoms with Gasteiger partial charge in [-0.15, -0.1) is 22.7 Å². The summed E-state index contributed by atoms with van der Waals surface area (Å²) in [5.41, 5.74) is 2.53. The Morgan fingerprint density at radius 1 is 1.00 bits per heavy atom. The average Bonchev–Trinajstić information content (AvgIpc) is 3.36. The Labute approximate surface area is 147 Å². The molecule has 0 fully saturated rings. The number of amides is 1. The first kappa shape index (κ1) is 14.9. The highest BCUT2D eigenvalue weighted by molar-refractivity contribution is 7.16. The zero-order valence-electron chi connectivity index (χ0n) is 12.5. The third kappa shape index (κ3) is 3.02. The molecular weight excluding hydrogens is 338 g/mol. The molecule has 0 saturated carbocycles. The standard InChI is InChI=1S/C18H13N3OS2/c22-17(13-5-7-14(8-6-13)21-9-1-2-10-21)20-18-19-15(12-24-18)16-4-3-11-23-16/h1-12H,(H,19,20,22). The van der Waals surface area contributed by atoms with Crippen LogP contribution < -0.4 is 5.32 Å². The van der Waals surface area contributed by atoms with E-state index in [1.807, 2.05) is 76.3 Å². The number of hydrogen-bond acceptors (Lipinski definition) is 4. The molecule has 0 saturated heterocycles. The second kappa shape index (κ2) is 6.43. The van der Waals surface area contributed by atoms with Crippen LogP contribution in [0.25, 0.3) is 16.3 Å². The molecule has 3 aromatic heterocycles. The zero-order valence-corrected chi connectivity index (χ0v) is 14.2. The summed E-state index contributed by atoms with van der Waals surface area (Å²) in [6.45, 7) is 0. The van der Waals surface area contributed by atoms with Crippen molar-refractivity contribution < 1.29 is 4.79 Å². The maximum absolute atomic E-state index is 12.4. The third-order valence-corrected chi connectivity index (χ3v) is 5.18. The van der Waals surface area contributed by atoms with E-state index in [1.54, 1.807) is 11.3 Å². The highest BCUT2D eigenvalue weighted by atomic mass is 32.1. The fourth-order valence-corrected chi connectivity index (χ4v) is 3.80. The lowest BCUT2D eigenvalue weighted by Crippen LogP contribution is -2.11. The van der Waals surface area contributed by atoms with E-state index in [9.17, 15) is 4.79 Å². The lowest BCUT2D eigenvalue weighted by molar-refractivity contribution is 0.102. The summed E-state index contributed by atoms with van der Waals surface area (Å²) in [6.07, 6.45) is 3.94. The largest absolute Gasteiger partial charge is 0.324 e. The summed E-state index contributed by atoms with van der Waals surface area (Å²) in [7, 11) is 0. The van der Waals surface area contributed by atoms with Crippen LogP contribution in [-0.4, -0.2) is 15.5 Å². The normalized spacial score (nSPS) is 10.7. The minimum absolute atomic E-state index is 0.152. The minimum Gasteiger partial charge on any atom is -0.324 e. The molecule has 3 heterocycles. The highest BCUT2D eigenvalue weighted by Crippen LogP contribution is 2.28. The van der Waals surface area contributed by atoms with Crippen molar-refractivity contribution in [2.24, 2.45) is 0 Å². The fourth-order valence-electron chi connectivity index (χ4n) is 2.33. The highest BCUT2D eigenvalue weighted by Gasteiger charge is 2.10. The molecule has 1 N–H and O–H groups in total. The number of anilines is 1. The van der Waals surface area contributed by atoms with Gasteiger partial charge in [0.05, 0.1) is 10.6 Å². The Hall–Kier alpha value is -2.70. The van der Waals surface area contributed by atoms with Gasteiger partial charge in [-0.25, -0.2) is 4.98 Å². The first-order chi connectivity index (χ1) is 11.8. The van der Waals surface area contributed by atoms with Crippen LogP contribution in [0.4, 0.5) is 5.13 Å². The lowest BCUT2D eigenvalue weighted by Gasteiger charge is -2.05. The number of nitrogens with one attached hydrogen (secondary N) is 1. The second-order valence-electron chi connectivity index (χ2n) is 5.11. The van der Waals surface area contributed by atoms with E-state index in [4.69, 9.17) is 0 Å². The molecule has 4 aromatic rings. The van der Waals surface area contributed by atoms with E-state index in [2.05, 4.69) is 10.3 Å². The summed E-state index contributed by atoms with van der Waals surface area (Å²) in [5, 5.41) is 7.44. The molecule has 1 amide bonds. The van der Waals surface area contributed by atoms with Crippen LogP contribution in [0.5, 0.6) is 0 Å². The number of benzene rings is 1. The summed E-state index contributed by atoms with van der Waals surface area (Å²) in [6, 6.07) is 15.4. The number of thiophene rings is 1. The maximum Gasteiger partial charge on any atom is 0.257 e. The molecule has 0 aliphatic rings. The smallest absolute Gasteiger partial charge is 0.257 e. The number of nitrogens with zero attached hydrogens (tertiary/aromatic N) is 2. The van der Waals surface area contributed by atoms with Crippen molar-refractivity contribution in [3.05, 3.63) is 77.2 Å². The van der Waals surface area contributed by atoms with Crippen molar-refractivity contribution in [3.63, 3.8) is 0 Å². The molecule has 6 heteroatoms.